The molecule has 0 fully saturated rings. The summed E-state index contributed by atoms with van der Waals surface area (Å²) < 4.78 is 27.1. The predicted octanol–water partition coefficient (Wildman–Crippen LogP) is 4.34. The number of rotatable bonds is 1. The van der Waals surface area contributed by atoms with Gasteiger partial charge in [0.2, 0.25) is 0 Å². The molecule has 1 aromatic carbocycles. The molecule has 86 valence electrons. The van der Waals surface area contributed by atoms with E-state index in [4.69, 9.17) is 0 Å². The van der Waals surface area contributed by atoms with Gasteiger partial charge in [0.05, 0.1) is 0 Å². The van der Waals surface area contributed by atoms with E-state index in [1.54, 1.807) is 6.92 Å². The van der Waals surface area contributed by atoms with Crippen molar-refractivity contribution < 1.29 is 8.78 Å². The van der Waals surface area contributed by atoms with Crippen LogP contribution >= 0.6 is 0 Å². The molecular weight excluding hydrogens is 206 g/mol. The molecule has 0 aromatic heterocycles. The molecule has 2 heteroatoms. The maximum atomic E-state index is 13.7. The predicted molar refractivity (Wildman–Crippen MR) is 61.4 cm³/mol. The minimum Gasteiger partial charge on any atom is -0.207 e. The highest BCUT2D eigenvalue weighted by molar-refractivity contribution is 5.31. The van der Waals surface area contributed by atoms with Gasteiger partial charge in [0.1, 0.15) is 11.6 Å². The summed E-state index contributed by atoms with van der Waals surface area (Å²) in [5, 5.41) is 0. The molecule has 16 heavy (non-hydrogen) atoms. The van der Waals surface area contributed by atoms with Crippen molar-refractivity contribution in [1.82, 2.24) is 0 Å². The zero-order valence-corrected chi connectivity index (χ0v) is 9.63. The van der Waals surface area contributed by atoms with E-state index >= 15 is 0 Å². The fourth-order valence-electron chi connectivity index (χ4n) is 2.16. The van der Waals surface area contributed by atoms with Crippen molar-refractivity contribution >= 4 is 0 Å². The molecule has 0 spiro atoms. The van der Waals surface area contributed by atoms with E-state index in [-0.39, 0.29) is 17.6 Å². The Hall–Kier alpha value is -1.18. The van der Waals surface area contributed by atoms with Crippen LogP contribution in [0.1, 0.15) is 36.8 Å². The third kappa shape index (κ3) is 2.16. The van der Waals surface area contributed by atoms with E-state index in [1.165, 1.54) is 12.1 Å². The maximum absolute atomic E-state index is 13.7. The first-order valence-electron chi connectivity index (χ1n) is 5.72. The number of hydrogen-bond acceptors (Lipinski definition) is 0. The van der Waals surface area contributed by atoms with Crippen LogP contribution in [0.4, 0.5) is 8.78 Å². The lowest BCUT2D eigenvalue weighted by Gasteiger charge is -2.21. The average Bonchev–Trinajstić information content (AvgIpc) is 2.25. The molecule has 0 saturated carbocycles. The fourth-order valence-corrected chi connectivity index (χ4v) is 2.16. The second-order valence-electron chi connectivity index (χ2n) is 4.67. The average molecular weight is 222 g/mol. The molecule has 1 aliphatic carbocycles. The lowest BCUT2D eigenvalue weighted by molar-refractivity contribution is 0.516. The molecule has 1 aromatic rings. The van der Waals surface area contributed by atoms with Crippen molar-refractivity contribution in [3.63, 3.8) is 0 Å². The summed E-state index contributed by atoms with van der Waals surface area (Å²) >= 11 is 0. The summed E-state index contributed by atoms with van der Waals surface area (Å²) in [7, 11) is 0. The Morgan fingerprint density at radius 3 is 2.44 bits per heavy atom. The summed E-state index contributed by atoms with van der Waals surface area (Å²) in [6.07, 6.45) is 6.03. The first-order valence-corrected chi connectivity index (χ1v) is 5.72. The number of allylic oxidation sites excluding steroid dienone is 2. The molecule has 0 nitrogen and oxygen atoms in total. The van der Waals surface area contributed by atoms with Crippen molar-refractivity contribution in [2.45, 2.75) is 32.6 Å². The van der Waals surface area contributed by atoms with Crippen LogP contribution in [-0.4, -0.2) is 0 Å². The van der Waals surface area contributed by atoms with Gasteiger partial charge in [-0.15, -0.1) is 0 Å². The summed E-state index contributed by atoms with van der Waals surface area (Å²) in [5.74, 6) is -0.0209. The quantitative estimate of drug-likeness (QED) is 0.620. The van der Waals surface area contributed by atoms with Gasteiger partial charge < -0.3 is 0 Å². The Labute approximate surface area is 95.0 Å². The van der Waals surface area contributed by atoms with Gasteiger partial charge >= 0.3 is 0 Å². The highest BCUT2D eigenvalue weighted by atomic mass is 19.1. The van der Waals surface area contributed by atoms with Crippen molar-refractivity contribution in [1.29, 1.82) is 0 Å². The minimum atomic E-state index is -0.316. The molecule has 0 radical (unpaired) electrons. The van der Waals surface area contributed by atoms with Crippen molar-refractivity contribution in [3.05, 3.63) is 47.0 Å². The van der Waals surface area contributed by atoms with Crippen molar-refractivity contribution in [2.24, 2.45) is 5.92 Å². The normalized spacial score (nSPS) is 24.8. The van der Waals surface area contributed by atoms with Crippen molar-refractivity contribution in [2.75, 3.05) is 0 Å². The van der Waals surface area contributed by atoms with Crippen LogP contribution in [0.3, 0.4) is 0 Å². The number of aryl methyl sites for hydroxylation is 1. The number of benzene rings is 1. The van der Waals surface area contributed by atoms with Crippen LogP contribution in [0.2, 0.25) is 0 Å². The van der Waals surface area contributed by atoms with Gasteiger partial charge in [-0.2, -0.15) is 0 Å². The second-order valence-corrected chi connectivity index (χ2v) is 4.67. The third-order valence-electron chi connectivity index (χ3n) is 3.28. The smallest absolute Gasteiger partial charge is 0.127 e. The molecule has 0 amide bonds. The first kappa shape index (κ1) is 11.3. The highest BCUT2D eigenvalue weighted by Crippen LogP contribution is 2.32. The molecule has 0 N–H and O–H groups in total. The topological polar surface area (TPSA) is 0 Å². The third-order valence-corrected chi connectivity index (χ3v) is 3.28. The fraction of sp³-hybridized carbons (Fsp3) is 0.429. The van der Waals surface area contributed by atoms with Crippen LogP contribution in [0.25, 0.3) is 0 Å². The van der Waals surface area contributed by atoms with Gasteiger partial charge in [0, 0.05) is 5.92 Å². The second kappa shape index (κ2) is 4.36. The molecule has 0 saturated heterocycles. The zero-order chi connectivity index (χ0) is 11.7. The molecule has 1 aliphatic rings. The largest absolute Gasteiger partial charge is 0.207 e. The van der Waals surface area contributed by atoms with E-state index < -0.39 is 0 Å². The Morgan fingerprint density at radius 1 is 1.06 bits per heavy atom. The van der Waals surface area contributed by atoms with Crippen LogP contribution in [-0.2, 0) is 0 Å². The molecule has 0 heterocycles. The first-order chi connectivity index (χ1) is 7.58. The van der Waals surface area contributed by atoms with Crippen LogP contribution in [0.5, 0.6) is 0 Å². The Morgan fingerprint density at radius 2 is 1.81 bits per heavy atom. The molecular formula is C14H16F2. The number of hydrogen-bond donors (Lipinski definition) is 0. The molecule has 0 aliphatic heterocycles. The molecule has 2 unspecified atom stereocenters. The van der Waals surface area contributed by atoms with E-state index in [9.17, 15) is 8.78 Å². The van der Waals surface area contributed by atoms with Gasteiger partial charge in [0.25, 0.3) is 0 Å². The molecule has 2 atom stereocenters. The summed E-state index contributed by atoms with van der Waals surface area (Å²) in [6.45, 7) is 3.72. The van der Waals surface area contributed by atoms with Gasteiger partial charge in [-0.25, -0.2) is 8.78 Å². The van der Waals surface area contributed by atoms with Crippen LogP contribution < -0.4 is 0 Å². The van der Waals surface area contributed by atoms with Gasteiger partial charge in [-0.1, -0.05) is 19.1 Å². The zero-order valence-electron chi connectivity index (χ0n) is 9.63. The Kier molecular flexibility index (Phi) is 3.08. The Balaban J connectivity index is 2.34. The molecule has 0 bridgehead atoms. The summed E-state index contributed by atoms with van der Waals surface area (Å²) in [4.78, 5) is 0. The van der Waals surface area contributed by atoms with Crippen LogP contribution in [0.15, 0.2) is 24.3 Å². The molecule has 2 rings (SSSR count). The van der Waals surface area contributed by atoms with Crippen molar-refractivity contribution in [3.8, 4) is 0 Å². The van der Waals surface area contributed by atoms with Gasteiger partial charge in [-0.3, -0.25) is 0 Å². The SMILES string of the molecule is Cc1cc(F)c(C2C=CC(C)CC2)cc1F. The minimum absolute atomic E-state index is 0.0336. The van der Waals surface area contributed by atoms with E-state index in [0.717, 1.165) is 12.8 Å². The van der Waals surface area contributed by atoms with E-state index in [0.29, 0.717) is 17.0 Å². The standard InChI is InChI=1S/C14H16F2/c1-9-3-5-11(6-4-9)12-8-13(15)10(2)7-14(12)16/h3,5,7-9,11H,4,6H2,1-2H3. The maximum Gasteiger partial charge on any atom is 0.127 e. The Bertz CT molecular complexity index is 421. The van der Waals surface area contributed by atoms with E-state index in [2.05, 4.69) is 13.0 Å². The van der Waals surface area contributed by atoms with Crippen LogP contribution in [0, 0.1) is 24.5 Å². The van der Waals surface area contributed by atoms with E-state index in [1.807, 2.05) is 6.08 Å². The lowest BCUT2D eigenvalue weighted by Crippen LogP contribution is -2.07. The lowest BCUT2D eigenvalue weighted by atomic mass is 9.84. The summed E-state index contributed by atoms with van der Waals surface area (Å²) in [5.41, 5.74) is 0.862. The monoisotopic (exact) mass is 222 g/mol. The van der Waals surface area contributed by atoms with Gasteiger partial charge in [-0.05, 0) is 48.9 Å². The summed E-state index contributed by atoms with van der Waals surface area (Å²) in [6, 6.07) is 2.63. The number of halogens is 2. The van der Waals surface area contributed by atoms with Gasteiger partial charge in [0.15, 0.2) is 0 Å². The highest BCUT2D eigenvalue weighted by Gasteiger charge is 2.19.